The lowest BCUT2D eigenvalue weighted by molar-refractivity contribution is -0.114. The van der Waals surface area contributed by atoms with E-state index in [1.165, 1.54) is 26.2 Å². The van der Waals surface area contributed by atoms with Crippen LogP contribution in [0.25, 0.3) is 6.08 Å². The summed E-state index contributed by atoms with van der Waals surface area (Å²) in [5, 5.41) is 2.80. The van der Waals surface area contributed by atoms with E-state index in [0.717, 1.165) is 29.8 Å². The Bertz CT molecular complexity index is 528. The van der Waals surface area contributed by atoms with Crippen LogP contribution in [0.15, 0.2) is 24.3 Å². The van der Waals surface area contributed by atoms with E-state index >= 15 is 0 Å². The Balaban J connectivity index is 1.85. The molecule has 1 N–H and O–H groups in total. The minimum Gasteiger partial charge on any atom is -0.483 e. The zero-order chi connectivity index (χ0) is 13.3. The van der Waals surface area contributed by atoms with Gasteiger partial charge < -0.3 is 10.1 Å². The number of benzene rings is 1. The molecule has 0 atom stereocenters. The van der Waals surface area contributed by atoms with Crippen LogP contribution in [0, 0.1) is 0 Å². The van der Waals surface area contributed by atoms with Crippen LogP contribution in [0.2, 0.25) is 0 Å². The van der Waals surface area contributed by atoms with Crippen molar-refractivity contribution in [2.24, 2.45) is 0 Å². The maximum Gasteiger partial charge on any atom is 0.221 e. The number of hydrogen-bond donors (Lipinski definition) is 1. The van der Waals surface area contributed by atoms with E-state index in [1.807, 2.05) is 18.2 Å². The number of anilines is 1. The van der Waals surface area contributed by atoms with Gasteiger partial charge in [0, 0.05) is 18.2 Å². The molecule has 0 saturated heterocycles. The minimum absolute atomic E-state index is 0.0515. The predicted octanol–water partition coefficient (Wildman–Crippen LogP) is 3.75. The lowest BCUT2D eigenvalue weighted by Crippen LogP contribution is -2.37. The molecule has 0 aromatic heterocycles. The Kier molecular flexibility index (Phi) is 3.05. The second-order valence-corrected chi connectivity index (χ2v) is 5.49. The quantitative estimate of drug-likeness (QED) is 0.832. The molecule has 1 aliphatic carbocycles. The van der Waals surface area contributed by atoms with Gasteiger partial charge >= 0.3 is 0 Å². The molecule has 1 saturated carbocycles. The summed E-state index contributed by atoms with van der Waals surface area (Å²) in [7, 11) is 0. The van der Waals surface area contributed by atoms with Crippen LogP contribution in [0.3, 0.4) is 0 Å². The number of carbonyl (C=O) groups is 1. The fourth-order valence-electron chi connectivity index (χ4n) is 2.97. The van der Waals surface area contributed by atoms with Crippen molar-refractivity contribution in [3.63, 3.8) is 0 Å². The van der Waals surface area contributed by atoms with E-state index in [9.17, 15) is 4.79 Å². The number of carbonyl (C=O) groups excluding carboxylic acids is 1. The molecular formula is C16H19NO2. The highest BCUT2D eigenvalue weighted by molar-refractivity contribution is 5.89. The molecule has 3 nitrogen and oxygen atoms in total. The average molecular weight is 257 g/mol. The Morgan fingerprint density at radius 1 is 1.26 bits per heavy atom. The lowest BCUT2D eigenvalue weighted by atomic mass is 9.83. The fourth-order valence-corrected chi connectivity index (χ4v) is 2.97. The molecule has 1 amide bonds. The fraction of sp³-hybridized carbons (Fsp3) is 0.438. The van der Waals surface area contributed by atoms with Gasteiger partial charge in [-0.2, -0.15) is 0 Å². The third-order valence-electron chi connectivity index (χ3n) is 3.91. The van der Waals surface area contributed by atoms with Gasteiger partial charge in [0.25, 0.3) is 0 Å². The Morgan fingerprint density at radius 2 is 2.05 bits per heavy atom. The lowest BCUT2D eigenvalue weighted by Gasteiger charge is -2.38. The molecule has 1 aliphatic heterocycles. The van der Waals surface area contributed by atoms with Crippen LogP contribution in [0.1, 0.15) is 44.6 Å². The molecule has 1 aromatic rings. The standard InChI is InChI=1S/C16H19NO2/c1-12(18)17-14-5-6-15-13(11-14)7-10-16(19-15)8-3-2-4-9-16/h5-7,10-11H,2-4,8-9H2,1H3,(H,17,18). The highest BCUT2D eigenvalue weighted by Crippen LogP contribution is 2.40. The van der Waals surface area contributed by atoms with Gasteiger partial charge in [-0.15, -0.1) is 0 Å². The van der Waals surface area contributed by atoms with Gasteiger partial charge in [-0.3, -0.25) is 4.79 Å². The zero-order valence-electron chi connectivity index (χ0n) is 11.2. The van der Waals surface area contributed by atoms with Crippen LogP contribution < -0.4 is 10.1 Å². The highest BCUT2D eigenvalue weighted by atomic mass is 16.5. The molecule has 0 radical (unpaired) electrons. The molecule has 1 spiro atoms. The second-order valence-electron chi connectivity index (χ2n) is 5.49. The van der Waals surface area contributed by atoms with Gasteiger partial charge in [0.2, 0.25) is 5.91 Å². The van der Waals surface area contributed by atoms with Crippen LogP contribution >= 0.6 is 0 Å². The van der Waals surface area contributed by atoms with Crippen LogP contribution in [-0.2, 0) is 4.79 Å². The van der Waals surface area contributed by atoms with Crippen molar-refractivity contribution in [1.82, 2.24) is 0 Å². The Labute approximate surface area is 113 Å². The molecule has 3 heteroatoms. The summed E-state index contributed by atoms with van der Waals surface area (Å²) in [6, 6.07) is 5.82. The van der Waals surface area contributed by atoms with E-state index in [-0.39, 0.29) is 11.5 Å². The van der Waals surface area contributed by atoms with Gasteiger partial charge in [0.1, 0.15) is 11.4 Å². The van der Waals surface area contributed by atoms with E-state index in [2.05, 4.69) is 17.5 Å². The van der Waals surface area contributed by atoms with Crippen LogP contribution in [0.5, 0.6) is 5.75 Å². The Morgan fingerprint density at radius 3 is 2.79 bits per heavy atom. The smallest absolute Gasteiger partial charge is 0.221 e. The van der Waals surface area contributed by atoms with E-state index in [1.54, 1.807) is 0 Å². The SMILES string of the molecule is CC(=O)Nc1ccc2c(c1)C=CC1(CCCCC1)O2. The summed E-state index contributed by atoms with van der Waals surface area (Å²) >= 11 is 0. The van der Waals surface area contributed by atoms with E-state index in [0.29, 0.717) is 0 Å². The van der Waals surface area contributed by atoms with Gasteiger partial charge in [-0.1, -0.05) is 12.5 Å². The van der Waals surface area contributed by atoms with Crippen LogP contribution in [-0.4, -0.2) is 11.5 Å². The van der Waals surface area contributed by atoms with Gasteiger partial charge in [-0.25, -0.2) is 0 Å². The molecule has 0 unspecified atom stereocenters. The third kappa shape index (κ3) is 2.50. The first-order chi connectivity index (χ1) is 9.17. The van der Waals surface area contributed by atoms with Crippen molar-refractivity contribution >= 4 is 17.7 Å². The van der Waals surface area contributed by atoms with E-state index < -0.39 is 0 Å². The predicted molar refractivity (Wildman–Crippen MR) is 76.2 cm³/mol. The van der Waals surface area contributed by atoms with E-state index in [4.69, 9.17) is 4.74 Å². The minimum atomic E-state index is -0.0826. The maximum atomic E-state index is 11.1. The van der Waals surface area contributed by atoms with Crippen molar-refractivity contribution in [2.45, 2.75) is 44.6 Å². The average Bonchev–Trinajstić information content (AvgIpc) is 2.39. The van der Waals surface area contributed by atoms with Crippen molar-refractivity contribution < 1.29 is 9.53 Å². The molecule has 2 aliphatic rings. The molecule has 1 heterocycles. The molecule has 0 bridgehead atoms. The second kappa shape index (κ2) is 4.72. The summed E-state index contributed by atoms with van der Waals surface area (Å²) < 4.78 is 6.22. The largest absolute Gasteiger partial charge is 0.483 e. The molecule has 1 fully saturated rings. The van der Waals surface area contributed by atoms with Crippen LogP contribution in [0.4, 0.5) is 5.69 Å². The summed E-state index contributed by atoms with van der Waals surface area (Å²) in [4.78, 5) is 11.1. The number of amides is 1. The normalized spacial score (nSPS) is 19.6. The monoisotopic (exact) mass is 257 g/mol. The van der Waals surface area contributed by atoms with Crippen molar-refractivity contribution in [1.29, 1.82) is 0 Å². The van der Waals surface area contributed by atoms with Gasteiger partial charge in [0.05, 0.1) is 0 Å². The van der Waals surface area contributed by atoms with Crippen molar-refractivity contribution in [2.75, 3.05) is 5.32 Å². The third-order valence-corrected chi connectivity index (χ3v) is 3.91. The first-order valence-corrected chi connectivity index (χ1v) is 6.97. The first kappa shape index (κ1) is 12.3. The highest BCUT2D eigenvalue weighted by Gasteiger charge is 2.34. The summed E-state index contributed by atoms with van der Waals surface area (Å²) in [6.45, 7) is 1.52. The number of rotatable bonds is 1. The number of nitrogens with one attached hydrogen (secondary N) is 1. The first-order valence-electron chi connectivity index (χ1n) is 6.97. The van der Waals surface area contributed by atoms with Gasteiger partial charge in [0.15, 0.2) is 0 Å². The molecule has 100 valence electrons. The Hall–Kier alpha value is -1.77. The van der Waals surface area contributed by atoms with Crippen molar-refractivity contribution in [3.8, 4) is 5.75 Å². The molecule has 3 rings (SSSR count). The summed E-state index contributed by atoms with van der Waals surface area (Å²) in [5.41, 5.74) is 1.78. The number of ether oxygens (including phenoxy) is 1. The topological polar surface area (TPSA) is 38.3 Å². The van der Waals surface area contributed by atoms with Crippen molar-refractivity contribution in [3.05, 3.63) is 29.8 Å². The zero-order valence-corrected chi connectivity index (χ0v) is 11.2. The molecular weight excluding hydrogens is 238 g/mol. The maximum absolute atomic E-state index is 11.1. The van der Waals surface area contributed by atoms with Gasteiger partial charge in [-0.05, 0) is 50.0 Å². The number of hydrogen-bond acceptors (Lipinski definition) is 2. The molecule has 19 heavy (non-hydrogen) atoms. The molecule has 1 aromatic carbocycles. The number of fused-ring (bicyclic) bond motifs is 1. The summed E-state index contributed by atoms with van der Waals surface area (Å²) in [5.74, 6) is 0.878. The summed E-state index contributed by atoms with van der Waals surface area (Å²) in [6.07, 6.45) is 10.3.